The van der Waals surface area contributed by atoms with Crippen LogP contribution in [0, 0.1) is 0 Å². The van der Waals surface area contributed by atoms with Gasteiger partial charge in [0.1, 0.15) is 9.84 Å². The Balaban J connectivity index is 3.59. The van der Waals surface area contributed by atoms with Crippen LogP contribution in [0.2, 0.25) is 0 Å². The van der Waals surface area contributed by atoms with Crippen molar-refractivity contribution in [2.75, 3.05) is 32.3 Å². The first-order valence-electron chi connectivity index (χ1n) is 4.96. The largest absolute Gasteiger partial charge is 0.391 e. The standard InChI is InChI=1S/C9H19NO5S/c1-15-7-8(11)3-5-10-9(12)4-6-16(2,13)14/h8,11H,3-7H2,1-2H3,(H,10,12). The lowest BCUT2D eigenvalue weighted by Gasteiger charge is -2.09. The van der Waals surface area contributed by atoms with Gasteiger partial charge >= 0.3 is 0 Å². The van der Waals surface area contributed by atoms with Gasteiger partial charge in [0.2, 0.25) is 5.91 Å². The Morgan fingerprint density at radius 1 is 1.50 bits per heavy atom. The Kier molecular flexibility index (Phi) is 7.27. The molecule has 0 aromatic heterocycles. The van der Waals surface area contributed by atoms with E-state index in [0.29, 0.717) is 13.0 Å². The number of nitrogens with one attached hydrogen (secondary N) is 1. The fourth-order valence-electron chi connectivity index (χ4n) is 1.02. The molecule has 0 heterocycles. The summed E-state index contributed by atoms with van der Waals surface area (Å²) in [5, 5.41) is 11.8. The minimum absolute atomic E-state index is 0.0425. The summed E-state index contributed by atoms with van der Waals surface area (Å²) in [6, 6.07) is 0. The molecule has 1 amide bonds. The SMILES string of the molecule is COCC(O)CCNC(=O)CCS(C)(=O)=O. The average Bonchev–Trinajstić information content (AvgIpc) is 2.14. The van der Waals surface area contributed by atoms with Gasteiger partial charge in [-0.05, 0) is 6.42 Å². The highest BCUT2D eigenvalue weighted by molar-refractivity contribution is 7.90. The predicted octanol–water partition coefficient (Wildman–Crippen LogP) is -1.07. The maximum atomic E-state index is 11.1. The van der Waals surface area contributed by atoms with Crippen LogP contribution in [0.4, 0.5) is 0 Å². The van der Waals surface area contributed by atoms with E-state index in [4.69, 9.17) is 4.74 Å². The summed E-state index contributed by atoms with van der Waals surface area (Å²) in [5.74, 6) is -0.477. The van der Waals surface area contributed by atoms with Gasteiger partial charge in [-0.25, -0.2) is 8.42 Å². The fourth-order valence-corrected chi connectivity index (χ4v) is 1.58. The van der Waals surface area contributed by atoms with E-state index in [0.717, 1.165) is 6.26 Å². The van der Waals surface area contributed by atoms with Crippen molar-refractivity contribution in [1.29, 1.82) is 0 Å². The van der Waals surface area contributed by atoms with Crippen molar-refractivity contribution in [1.82, 2.24) is 5.32 Å². The maximum Gasteiger partial charge on any atom is 0.221 e. The minimum Gasteiger partial charge on any atom is -0.391 e. The number of sulfone groups is 1. The molecule has 0 rings (SSSR count). The Labute approximate surface area is 95.9 Å². The van der Waals surface area contributed by atoms with Crippen LogP contribution >= 0.6 is 0 Å². The van der Waals surface area contributed by atoms with Crippen molar-refractivity contribution in [3.8, 4) is 0 Å². The Morgan fingerprint density at radius 3 is 2.62 bits per heavy atom. The van der Waals surface area contributed by atoms with Crippen molar-refractivity contribution in [3.05, 3.63) is 0 Å². The number of aliphatic hydroxyl groups is 1. The third-order valence-electron chi connectivity index (χ3n) is 1.86. The molecule has 0 radical (unpaired) electrons. The second-order valence-electron chi connectivity index (χ2n) is 3.63. The molecule has 96 valence electrons. The average molecular weight is 253 g/mol. The third kappa shape index (κ3) is 9.88. The van der Waals surface area contributed by atoms with Crippen LogP contribution in [0.1, 0.15) is 12.8 Å². The number of ether oxygens (including phenoxy) is 1. The van der Waals surface area contributed by atoms with Gasteiger partial charge in [-0.15, -0.1) is 0 Å². The van der Waals surface area contributed by atoms with Gasteiger partial charge in [0, 0.05) is 26.3 Å². The van der Waals surface area contributed by atoms with Gasteiger partial charge in [-0.3, -0.25) is 4.79 Å². The molecule has 0 bridgehead atoms. The first kappa shape index (κ1) is 15.3. The molecule has 0 fully saturated rings. The van der Waals surface area contributed by atoms with Crippen LogP contribution in [0.25, 0.3) is 0 Å². The molecule has 0 aromatic carbocycles. The zero-order chi connectivity index (χ0) is 12.6. The number of aliphatic hydroxyl groups excluding tert-OH is 1. The molecule has 0 aliphatic rings. The summed E-state index contributed by atoms with van der Waals surface area (Å²) in [6.07, 6.45) is 0.820. The summed E-state index contributed by atoms with van der Waals surface area (Å²) >= 11 is 0. The van der Waals surface area contributed by atoms with Gasteiger partial charge < -0.3 is 15.2 Å². The zero-order valence-electron chi connectivity index (χ0n) is 9.60. The van der Waals surface area contributed by atoms with Gasteiger partial charge in [0.05, 0.1) is 18.5 Å². The number of methoxy groups -OCH3 is 1. The quantitative estimate of drug-likeness (QED) is 0.575. The molecule has 16 heavy (non-hydrogen) atoms. The van der Waals surface area contributed by atoms with Gasteiger partial charge in [-0.2, -0.15) is 0 Å². The summed E-state index contributed by atoms with van der Waals surface area (Å²) in [7, 11) is -1.62. The number of amides is 1. The van der Waals surface area contributed by atoms with Gasteiger partial charge in [-0.1, -0.05) is 0 Å². The highest BCUT2D eigenvalue weighted by Crippen LogP contribution is 1.92. The molecule has 0 saturated carbocycles. The molecule has 0 aromatic rings. The monoisotopic (exact) mass is 253 g/mol. The van der Waals surface area contributed by atoms with E-state index in [1.54, 1.807) is 0 Å². The molecular weight excluding hydrogens is 234 g/mol. The normalized spacial score (nSPS) is 13.4. The molecule has 7 heteroatoms. The number of hydrogen-bond donors (Lipinski definition) is 2. The van der Waals surface area contributed by atoms with Crippen LogP contribution in [0.15, 0.2) is 0 Å². The number of carbonyl (C=O) groups is 1. The molecule has 0 aliphatic carbocycles. The van der Waals surface area contributed by atoms with Crippen molar-refractivity contribution in [3.63, 3.8) is 0 Å². The first-order valence-corrected chi connectivity index (χ1v) is 7.02. The van der Waals surface area contributed by atoms with Crippen molar-refractivity contribution >= 4 is 15.7 Å². The predicted molar refractivity (Wildman–Crippen MR) is 59.8 cm³/mol. The van der Waals surface area contributed by atoms with Crippen molar-refractivity contribution in [2.24, 2.45) is 0 Å². The number of rotatable bonds is 8. The van der Waals surface area contributed by atoms with E-state index >= 15 is 0 Å². The van der Waals surface area contributed by atoms with Crippen LogP contribution in [0.3, 0.4) is 0 Å². The third-order valence-corrected chi connectivity index (χ3v) is 2.80. The van der Waals surface area contributed by atoms with E-state index in [1.807, 2.05) is 0 Å². The lowest BCUT2D eigenvalue weighted by atomic mass is 10.2. The molecule has 6 nitrogen and oxygen atoms in total. The summed E-state index contributed by atoms with van der Waals surface area (Å²) in [6.45, 7) is 0.534. The van der Waals surface area contributed by atoms with Crippen molar-refractivity contribution < 1.29 is 23.1 Å². The lowest BCUT2D eigenvalue weighted by Crippen LogP contribution is -2.29. The van der Waals surface area contributed by atoms with Crippen LogP contribution in [-0.2, 0) is 19.4 Å². The topological polar surface area (TPSA) is 92.7 Å². The molecule has 0 aliphatic heterocycles. The van der Waals surface area contributed by atoms with Crippen LogP contribution in [-0.4, -0.2) is 57.8 Å². The first-order chi connectivity index (χ1) is 7.35. The molecule has 1 unspecified atom stereocenters. The van der Waals surface area contributed by atoms with Crippen LogP contribution in [0.5, 0.6) is 0 Å². The fraction of sp³-hybridized carbons (Fsp3) is 0.889. The van der Waals surface area contributed by atoms with E-state index < -0.39 is 15.9 Å². The summed E-state index contributed by atoms with van der Waals surface area (Å²) < 4.78 is 26.2. The molecular formula is C9H19NO5S. The maximum absolute atomic E-state index is 11.1. The van der Waals surface area contributed by atoms with Gasteiger partial charge in [0.25, 0.3) is 0 Å². The van der Waals surface area contributed by atoms with E-state index in [9.17, 15) is 18.3 Å². The van der Waals surface area contributed by atoms with Crippen molar-refractivity contribution in [2.45, 2.75) is 18.9 Å². The van der Waals surface area contributed by atoms with Crippen LogP contribution < -0.4 is 5.32 Å². The summed E-state index contributed by atoms with van der Waals surface area (Å²) in [4.78, 5) is 11.1. The Bertz CT molecular complexity index is 301. The van der Waals surface area contributed by atoms with E-state index in [1.165, 1.54) is 7.11 Å². The smallest absolute Gasteiger partial charge is 0.221 e. The second-order valence-corrected chi connectivity index (χ2v) is 5.89. The molecule has 0 saturated heterocycles. The molecule has 2 N–H and O–H groups in total. The Hall–Kier alpha value is -0.660. The lowest BCUT2D eigenvalue weighted by molar-refractivity contribution is -0.120. The zero-order valence-corrected chi connectivity index (χ0v) is 10.4. The second kappa shape index (κ2) is 7.59. The van der Waals surface area contributed by atoms with E-state index in [2.05, 4.69) is 5.32 Å². The molecule has 0 spiro atoms. The van der Waals surface area contributed by atoms with E-state index in [-0.39, 0.29) is 24.7 Å². The highest BCUT2D eigenvalue weighted by Gasteiger charge is 2.08. The minimum atomic E-state index is -3.10. The number of carbonyl (C=O) groups excluding carboxylic acids is 1. The number of hydrogen-bond acceptors (Lipinski definition) is 5. The van der Waals surface area contributed by atoms with Gasteiger partial charge in [0.15, 0.2) is 0 Å². The molecule has 1 atom stereocenters. The Morgan fingerprint density at radius 2 is 2.12 bits per heavy atom. The summed E-state index contributed by atoms with van der Waals surface area (Å²) in [5.41, 5.74) is 0. The highest BCUT2D eigenvalue weighted by atomic mass is 32.2.